The average Bonchev–Trinajstić information content (AvgIpc) is 2.57. The predicted molar refractivity (Wildman–Crippen MR) is 92.8 cm³/mol. The number of sulfonamides is 1. The van der Waals surface area contributed by atoms with Crippen LogP contribution in [0, 0.1) is 29.8 Å². The van der Waals surface area contributed by atoms with Gasteiger partial charge in [-0.25, -0.2) is 13.2 Å². The van der Waals surface area contributed by atoms with E-state index in [2.05, 4.69) is 9.46 Å². The number of hydrogen-bond donors (Lipinski definition) is 2. The minimum Gasteiger partial charge on any atom is -0.505 e. The number of nitrogens with one attached hydrogen (secondary N) is 1. The third-order valence-electron chi connectivity index (χ3n) is 3.76. The smallest absolute Gasteiger partial charge is 0.341 e. The van der Waals surface area contributed by atoms with Crippen molar-refractivity contribution in [3.63, 3.8) is 0 Å². The lowest BCUT2D eigenvalue weighted by Gasteiger charge is -2.15. The number of phenols is 1. The normalized spacial score (nSPS) is 11.1. The number of carbonyl (C=O) groups is 1. The maximum atomic E-state index is 13.7. The Hall–Kier alpha value is -3.21. The van der Waals surface area contributed by atoms with Crippen LogP contribution in [0.5, 0.6) is 5.75 Å². The summed E-state index contributed by atoms with van der Waals surface area (Å²) in [5.41, 5.74) is -1.39. The number of phenolic OH excluding ortho intramolecular Hbond substituents is 1. The van der Waals surface area contributed by atoms with Crippen LogP contribution >= 0.6 is 0 Å². The lowest BCUT2D eigenvalue weighted by Crippen LogP contribution is -2.16. The molecular weight excluding hydrogens is 383 g/mol. The number of ether oxygens (including phenoxy) is 1. The molecule has 11 heteroatoms. The van der Waals surface area contributed by atoms with E-state index in [0.717, 1.165) is 13.2 Å². The maximum absolute atomic E-state index is 13.7. The number of esters is 1. The van der Waals surface area contributed by atoms with Gasteiger partial charge in [-0.15, -0.1) is 0 Å². The van der Waals surface area contributed by atoms with Gasteiger partial charge in [0.25, 0.3) is 10.0 Å². The molecule has 2 aromatic rings. The first kappa shape index (κ1) is 20.1. The van der Waals surface area contributed by atoms with Crippen LogP contribution in [0.15, 0.2) is 29.2 Å². The zero-order valence-electron chi connectivity index (χ0n) is 14.4. The van der Waals surface area contributed by atoms with Crippen molar-refractivity contribution in [3.05, 3.63) is 56.9 Å². The zero-order valence-corrected chi connectivity index (χ0v) is 15.3. The number of halogens is 1. The molecule has 2 aromatic carbocycles. The van der Waals surface area contributed by atoms with Crippen molar-refractivity contribution in [2.75, 3.05) is 11.8 Å². The molecule has 0 heterocycles. The number of hydrogen-bond acceptors (Lipinski definition) is 7. The van der Waals surface area contributed by atoms with Crippen LogP contribution in [-0.4, -0.2) is 31.5 Å². The minimum atomic E-state index is -4.44. The van der Waals surface area contributed by atoms with Crippen LogP contribution < -0.4 is 4.72 Å². The Morgan fingerprint density at radius 2 is 1.89 bits per heavy atom. The molecular formula is C16H15FN2O7S. The molecule has 0 aliphatic rings. The van der Waals surface area contributed by atoms with Gasteiger partial charge in [0.15, 0.2) is 5.75 Å². The number of rotatable bonds is 5. The SMILES string of the molecule is COC(=O)c1ccc(C)c(NS(=O)(=O)c2cc([N+](=O)[O-])c(F)cc2C)c1O. The molecule has 9 nitrogen and oxygen atoms in total. The van der Waals surface area contributed by atoms with Gasteiger partial charge in [-0.2, -0.15) is 4.39 Å². The van der Waals surface area contributed by atoms with Crippen LogP contribution in [0.4, 0.5) is 15.8 Å². The van der Waals surface area contributed by atoms with E-state index in [1.165, 1.54) is 26.0 Å². The summed E-state index contributed by atoms with van der Waals surface area (Å²) in [4.78, 5) is 21.0. The monoisotopic (exact) mass is 398 g/mol. The average molecular weight is 398 g/mol. The second kappa shape index (κ2) is 7.19. The van der Waals surface area contributed by atoms with Crippen molar-refractivity contribution in [3.8, 4) is 5.75 Å². The Kier molecular flexibility index (Phi) is 5.36. The number of nitro benzene ring substituents is 1. The number of aryl methyl sites for hydroxylation is 2. The fourth-order valence-corrected chi connectivity index (χ4v) is 3.74. The first-order valence-electron chi connectivity index (χ1n) is 7.37. The van der Waals surface area contributed by atoms with Gasteiger partial charge < -0.3 is 9.84 Å². The number of anilines is 1. The summed E-state index contributed by atoms with van der Waals surface area (Å²) < 4.78 is 45.6. The van der Waals surface area contributed by atoms with Crippen LogP contribution in [0.1, 0.15) is 21.5 Å². The molecule has 0 fully saturated rings. The van der Waals surface area contributed by atoms with Crippen LogP contribution in [0.25, 0.3) is 0 Å². The molecule has 0 atom stereocenters. The molecule has 0 aliphatic heterocycles. The summed E-state index contributed by atoms with van der Waals surface area (Å²) in [7, 11) is -3.35. The van der Waals surface area contributed by atoms with Crippen molar-refractivity contribution < 1.29 is 32.4 Å². The van der Waals surface area contributed by atoms with Crippen LogP contribution in [0.3, 0.4) is 0 Å². The van der Waals surface area contributed by atoms with Crippen molar-refractivity contribution in [1.82, 2.24) is 0 Å². The number of methoxy groups -OCH3 is 1. The highest BCUT2D eigenvalue weighted by Crippen LogP contribution is 2.34. The molecule has 2 rings (SSSR count). The van der Waals surface area contributed by atoms with Gasteiger partial charge in [-0.3, -0.25) is 14.8 Å². The Labute approximate surface area is 153 Å². The molecule has 0 saturated carbocycles. The summed E-state index contributed by atoms with van der Waals surface area (Å²) >= 11 is 0. The maximum Gasteiger partial charge on any atom is 0.341 e. The largest absolute Gasteiger partial charge is 0.505 e. The van der Waals surface area contributed by atoms with E-state index in [-0.39, 0.29) is 22.4 Å². The molecule has 0 bridgehead atoms. The Bertz CT molecular complexity index is 1050. The van der Waals surface area contributed by atoms with Gasteiger partial charge in [-0.1, -0.05) is 6.07 Å². The highest BCUT2D eigenvalue weighted by Gasteiger charge is 2.27. The summed E-state index contributed by atoms with van der Waals surface area (Å²) in [6.07, 6.45) is 0. The molecule has 2 N–H and O–H groups in total. The third-order valence-corrected chi connectivity index (χ3v) is 5.25. The number of benzene rings is 2. The van der Waals surface area contributed by atoms with Gasteiger partial charge in [0.05, 0.1) is 22.6 Å². The number of nitro groups is 1. The van der Waals surface area contributed by atoms with Gasteiger partial charge in [0.2, 0.25) is 5.82 Å². The summed E-state index contributed by atoms with van der Waals surface area (Å²) in [6, 6.07) is 3.94. The van der Waals surface area contributed by atoms with Crippen molar-refractivity contribution in [1.29, 1.82) is 0 Å². The third kappa shape index (κ3) is 3.82. The lowest BCUT2D eigenvalue weighted by atomic mass is 10.1. The Balaban J connectivity index is 2.60. The van der Waals surface area contributed by atoms with E-state index in [1.807, 2.05) is 0 Å². The van der Waals surface area contributed by atoms with E-state index in [1.54, 1.807) is 0 Å². The lowest BCUT2D eigenvalue weighted by molar-refractivity contribution is -0.387. The highest BCUT2D eigenvalue weighted by molar-refractivity contribution is 7.92. The van der Waals surface area contributed by atoms with Crippen LogP contribution in [0.2, 0.25) is 0 Å². The van der Waals surface area contributed by atoms with Crippen molar-refractivity contribution >= 4 is 27.4 Å². The summed E-state index contributed by atoms with van der Waals surface area (Å²) in [5, 5.41) is 21.1. The molecule has 0 amide bonds. The molecule has 0 radical (unpaired) electrons. The van der Waals surface area contributed by atoms with E-state index in [4.69, 9.17) is 0 Å². The highest BCUT2D eigenvalue weighted by atomic mass is 32.2. The molecule has 144 valence electrons. The van der Waals surface area contributed by atoms with Gasteiger partial charge >= 0.3 is 11.7 Å². The topological polar surface area (TPSA) is 136 Å². The summed E-state index contributed by atoms with van der Waals surface area (Å²) in [6.45, 7) is 2.73. The van der Waals surface area contributed by atoms with E-state index in [0.29, 0.717) is 6.07 Å². The van der Waals surface area contributed by atoms with Gasteiger partial charge in [0, 0.05) is 6.07 Å². The predicted octanol–water partition coefficient (Wildman–Crippen LogP) is 2.64. The van der Waals surface area contributed by atoms with Crippen LogP contribution in [-0.2, 0) is 14.8 Å². The van der Waals surface area contributed by atoms with Crippen molar-refractivity contribution in [2.24, 2.45) is 0 Å². The molecule has 0 spiro atoms. The van der Waals surface area contributed by atoms with Crippen molar-refractivity contribution in [2.45, 2.75) is 18.7 Å². The Morgan fingerprint density at radius 1 is 1.26 bits per heavy atom. The number of carbonyl (C=O) groups excluding carboxylic acids is 1. The number of nitrogens with zero attached hydrogens (tertiary/aromatic N) is 1. The molecule has 0 saturated heterocycles. The second-order valence-corrected chi connectivity index (χ2v) is 7.23. The Morgan fingerprint density at radius 3 is 2.44 bits per heavy atom. The first-order chi connectivity index (χ1) is 12.5. The van der Waals surface area contributed by atoms with Gasteiger partial charge in [-0.05, 0) is 37.1 Å². The zero-order chi connectivity index (χ0) is 20.5. The molecule has 27 heavy (non-hydrogen) atoms. The quantitative estimate of drug-likeness (QED) is 0.342. The molecule has 0 aliphatic carbocycles. The van der Waals surface area contributed by atoms with E-state index >= 15 is 0 Å². The molecule has 0 unspecified atom stereocenters. The van der Waals surface area contributed by atoms with Gasteiger partial charge in [0.1, 0.15) is 5.56 Å². The van der Waals surface area contributed by atoms with E-state index < -0.39 is 43.1 Å². The fraction of sp³-hybridized carbons (Fsp3) is 0.188. The minimum absolute atomic E-state index is 0.0770. The summed E-state index contributed by atoms with van der Waals surface area (Å²) in [5.74, 6) is -2.73. The number of aromatic hydroxyl groups is 1. The fourth-order valence-electron chi connectivity index (χ4n) is 2.36. The standard InChI is InChI=1S/C16H15FN2O7S/c1-8-4-5-10(16(21)26-3)15(20)14(8)18-27(24,25)13-7-12(19(22)23)11(17)6-9(13)2/h4-7,18,20H,1-3H3. The molecule has 0 aromatic heterocycles. The first-order valence-corrected chi connectivity index (χ1v) is 8.86. The second-order valence-electron chi connectivity index (χ2n) is 5.58. The van der Waals surface area contributed by atoms with E-state index in [9.17, 15) is 32.8 Å².